The molecule has 31 heavy (non-hydrogen) atoms. The van der Waals surface area contributed by atoms with E-state index in [-0.39, 0.29) is 5.78 Å². The van der Waals surface area contributed by atoms with Crippen LogP contribution in [-0.2, 0) is 11.3 Å². The fraction of sp³-hybridized carbons (Fsp3) is 0.240. The van der Waals surface area contributed by atoms with Crippen LogP contribution in [0.2, 0.25) is 0 Å². The highest BCUT2D eigenvalue weighted by Gasteiger charge is 2.11. The molecule has 3 aromatic rings. The maximum Gasteiger partial charge on any atom is 0.185 e. The third-order valence-electron chi connectivity index (χ3n) is 5.05. The Balaban J connectivity index is 1.31. The lowest BCUT2D eigenvalue weighted by molar-refractivity contribution is 0.104. The van der Waals surface area contributed by atoms with Crippen LogP contribution in [0.15, 0.2) is 71.2 Å². The van der Waals surface area contributed by atoms with Crippen LogP contribution in [0.4, 0.5) is 5.69 Å². The summed E-state index contributed by atoms with van der Waals surface area (Å²) in [7, 11) is 1.62. The molecule has 2 heterocycles. The van der Waals surface area contributed by atoms with Gasteiger partial charge in [0.05, 0.1) is 20.3 Å². The first-order valence-corrected chi connectivity index (χ1v) is 10.2. The summed E-state index contributed by atoms with van der Waals surface area (Å²) >= 11 is 0. The standard InChI is InChI=1S/C25H25NO5/c1-28-21-6-8-22(9-7-21)30-18-24-11-10-23(31-24)12-13-25(27)19-2-4-20(5-3-19)26-14-16-29-17-15-26/h2-13H,14-18H2,1H3/b13-12+. The summed E-state index contributed by atoms with van der Waals surface area (Å²) in [4.78, 5) is 14.7. The van der Waals surface area contributed by atoms with Gasteiger partial charge in [0, 0.05) is 24.3 Å². The summed E-state index contributed by atoms with van der Waals surface area (Å²) in [5.74, 6) is 2.72. The maximum absolute atomic E-state index is 12.5. The van der Waals surface area contributed by atoms with Gasteiger partial charge in [0.25, 0.3) is 0 Å². The minimum Gasteiger partial charge on any atom is -0.497 e. The van der Waals surface area contributed by atoms with Crippen molar-refractivity contribution in [2.24, 2.45) is 0 Å². The smallest absolute Gasteiger partial charge is 0.185 e. The fourth-order valence-electron chi connectivity index (χ4n) is 3.30. The zero-order valence-electron chi connectivity index (χ0n) is 17.5. The largest absolute Gasteiger partial charge is 0.497 e. The number of rotatable bonds is 8. The van der Waals surface area contributed by atoms with Gasteiger partial charge < -0.3 is 23.5 Å². The Labute approximate surface area is 181 Å². The molecule has 1 saturated heterocycles. The lowest BCUT2D eigenvalue weighted by Crippen LogP contribution is -2.36. The van der Waals surface area contributed by atoms with E-state index in [9.17, 15) is 4.79 Å². The van der Waals surface area contributed by atoms with Gasteiger partial charge in [-0.05, 0) is 72.8 Å². The second-order valence-corrected chi connectivity index (χ2v) is 7.11. The molecule has 0 bridgehead atoms. The van der Waals surface area contributed by atoms with E-state index in [0.717, 1.165) is 43.5 Å². The van der Waals surface area contributed by atoms with Crippen LogP contribution in [0.1, 0.15) is 21.9 Å². The third-order valence-corrected chi connectivity index (χ3v) is 5.05. The summed E-state index contributed by atoms with van der Waals surface area (Å²) in [6.07, 6.45) is 3.20. The first kappa shape index (κ1) is 20.8. The molecule has 0 amide bonds. The van der Waals surface area contributed by atoms with E-state index in [1.807, 2.05) is 60.7 Å². The fourth-order valence-corrected chi connectivity index (χ4v) is 3.30. The molecule has 0 saturated carbocycles. The number of allylic oxidation sites excluding steroid dienone is 1. The predicted molar refractivity (Wildman–Crippen MR) is 119 cm³/mol. The number of hydrogen-bond acceptors (Lipinski definition) is 6. The number of ketones is 1. The van der Waals surface area contributed by atoms with Crippen molar-refractivity contribution in [3.05, 3.63) is 83.8 Å². The van der Waals surface area contributed by atoms with Crippen LogP contribution >= 0.6 is 0 Å². The van der Waals surface area contributed by atoms with Crippen LogP contribution in [0, 0.1) is 0 Å². The van der Waals surface area contributed by atoms with Gasteiger partial charge in [-0.2, -0.15) is 0 Å². The topological polar surface area (TPSA) is 61.1 Å². The second-order valence-electron chi connectivity index (χ2n) is 7.11. The number of carbonyl (C=O) groups excluding carboxylic acids is 1. The number of nitrogens with zero attached hydrogens (tertiary/aromatic N) is 1. The average molecular weight is 419 g/mol. The Kier molecular flexibility index (Phi) is 6.69. The van der Waals surface area contributed by atoms with Gasteiger partial charge in [-0.25, -0.2) is 0 Å². The average Bonchev–Trinajstić information content (AvgIpc) is 3.30. The molecule has 0 N–H and O–H groups in total. The normalized spacial score (nSPS) is 14.0. The van der Waals surface area contributed by atoms with Crippen molar-refractivity contribution < 1.29 is 23.4 Å². The Morgan fingerprint density at radius 3 is 2.39 bits per heavy atom. The zero-order valence-corrected chi connectivity index (χ0v) is 17.5. The lowest BCUT2D eigenvalue weighted by atomic mass is 10.1. The molecular formula is C25H25NO5. The van der Waals surface area contributed by atoms with Crippen molar-refractivity contribution in [2.75, 3.05) is 38.3 Å². The van der Waals surface area contributed by atoms with Crippen LogP contribution in [0.5, 0.6) is 11.5 Å². The summed E-state index contributed by atoms with van der Waals surface area (Å²) in [6.45, 7) is 3.52. The molecule has 6 heteroatoms. The Bertz CT molecular complexity index is 1010. The highest BCUT2D eigenvalue weighted by atomic mass is 16.5. The number of carbonyl (C=O) groups is 1. The number of morpholine rings is 1. The van der Waals surface area contributed by atoms with E-state index in [2.05, 4.69) is 4.90 Å². The van der Waals surface area contributed by atoms with E-state index in [4.69, 9.17) is 18.6 Å². The van der Waals surface area contributed by atoms with Crippen molar-refractivity contribution in [1.29, 1.82) is 0 Å². The number of methoxy groups -OCH3 is 1. The van der Waals surface area contributed by atoms with E-state index >= 15 is 0 Å². The summed E-state index contributed by atoms with van der Waals surface area (Å²) in [6, 6.07) is 18.7. The van der Waals surface area contributed by atoms with Crippen molar-refractivity contribution in [3.63, 3.8) is 0 Å². The first-order chi connectivity index (χ1) is 15.2. The highest BCUT2D eigenvalue weighted by Crippen LogP contribution is 2.20. The van der Waals surface area contributed by atoms with Crippen molar-refractivity contribution in [1.82, 2.24) is 0 Å². The number of ether oxygens (including phenoxy) is 3. The predicted octanol–water partition coefficient (Wildman–Crippen LogP) is 4.60. The van der Waals surface area contributed by atoms with Crippen LogP contribution in [-0.4, -0.2) is 39.2 Å². The summed E-state index contributed by atoms with van der Waals surface area (Å²) < 4.78 is 21.9. The highest BCUT2D eigenvalue weighted by molar-refractivity contribution is 6.06. The van der Waals surface area contributed by atoms with Crippen molar-refractivity contribution in [2.45, 2.75) is 6.61 Å². The van der Waals surface area contributed by atoms with E-state index in [1.54, 1.807) is 13.2 Å². The maximum atomic E-state index is 12.5. The van der Waals surface area contributed by atoms with E-state index in [1.165, 1.54) is 6.08 Å². The van der Waals surface area contributed by atoms with Gasteiger partial charge in [-0.15, -0.1) is 0 Å². The molecule has 6 nitrogen and oxygen atoms in total. The molecular weight excluding hydrogens is 394 g/mol. The molecule has 1 aromatic heterocycles. The molecule has 0 radical (unpaired) electrons. The van der Waals surface area contributed by atoms with Gasteiger partial charge in [0.2, 0.25) is 0 Å². The van der Waals surface area contributed by atoms with Crippen molar-refractivity contribution >= 4 is 17.5 Å². The second kappa shape index (κ2) is 10.00. The number of furan rings is 1. The van der Waals surface area contributed by atoms with Gasteiger partial charge in [0.15, 0.2) is 5.78 Å². The minimum atomic E-state index is -0.0686. The first-order valence-electron chi connectivity index (χ1n) is 10.2. The molecule has 0 aliphatic carbocycles. The molecule has 0 unspecified atom stereocenters. The number of hydrogen-bond donors (Lipinski definition) is 0. The molecule has 0 atom stereocenters. The molecule has 4 rings (SSSR count). The SMILES string of the molecule is COc1ccc(OCc2ccc(/C=C/C(=O)c3ccc(N4CCOCC4)cc3)o2)cc1. The summed E-state index contributed by atoms with van der Waals surface area (Å²) in [5, 5.41) is 0. The third kappa shape index (κ3) is 5.55. The quantitative estimate of drug-likeness (QED) is 0.393. The van der Waals surface area contributed by atoms with Crippen LogP contribution in [0.25, 0.3) is 6.08 Å². The van der Waals surface area contributed by atoms with E-state index < -0.39 is 0 Å². The van der Waals surface area contributed by atoms with E-state index in [0.29, 0.717) is 23.7 Å². The molecule has 1 fully saturated rings. The molecule has 0 spiro atoms. The van der Waals surface area contributed by atoms with Crippen molar-refractivity contribution in [3.8, 4) is 11.5 Å². The van der Waals surface area contributed by atoms with Gasteiger partial charge in [-0.1, -0.05) is 0 Å². The van der Waals surface area contributed by atoms with Gasteiger partial charge in [-0.3, -0.25) is 4.79 Å². The Morgan fingerprint density at radius 1 is 0.968 bits per heavy atom. The number of anilines is 1. The number of benzene rings is 2. The van der Waals surface area contributed by atoms with Crippen LogP contribution in [0.3, 0.4) is 0 Å². The monoisotopic (exact) mass is 419 g/mol. The van der Waals surface area contributed by atoms with Gasteiger partial charge in [0.1, 0.15) is 29.6 Å². The molecule has 2 aromatic carbocycles. The summed E-state index contributed by atoms with van der Waals surface area (Å²) in [5.41, 5.74) is 1.75. The van der Waals surface area contributed by atoms with Crippen LogP contribution < -0.4 is 14.4 Å². The molecule has 1 aliphatic rings. The Morgan fingerprint density at radius 2 is 1.68 bits per heavy atom. The molecule has 160 valence electrons. The Hall–Kier alpha value is -3.51. The zero-order chi connectivity index (χ0) is 21.5. The lowest BCUT2D eigenvalue weighted by Gasteiger charge is -2.28. The molecule has 1 aliphatic heterocycles. The van der Waals surface area contributed by atoms with Gasteiger partial charge >= 0.3 is 0 Å². The minimum absolute atomic E-state index is 0.0686.